The van der Waals surface area contributed by atoms with Crippen LogP contribution in [0.2, 0.25) is 5.02 Å². The third-order valence-electron chi connectivity index (χ3n) is 2.43. The molecule has 0 aromatic heterocycles. The average molecular weight is 324 g/mol. The van der Waals surface area contributed by atoms with Gasteiger partial charge in [0.25, 0.3) is 0 Å². The standard InChI is InChI=1S/C11H14ClNO6S/c1-19-10-3-2-7(6-8(10)12)20(17,18)13-5-4-9(14)11(15)16/h2-3,6,9,13-14H,4-5H2,1H3,(H,15,16)/t9-/m0/s1. The molecular weight excluding hydrogens is 310 g/mol. The third kappa shape index (κ3) is 4.34. The van der Waals surface area contributed by atoms with Crippen LogP contribution in [0.5, 0.6) is 5.75 Å². The van der Waals surface area contributed by atoms with Crippen LogP contribution in [0.3, 0.4) is 0 Å². The number of ether oxygens (including phenoxy) is 1. The molecule has 0 heterocycles. The fourth-order valence-electron chi connectivity index (χ4n) is 1.35. The van der Waals surface area contributed by atoms with Crippen LogP contribution in [-0.4, -0.2) is 44.4 Å². The van der Waals surface area contributed by atoms with E-state index in [0.29, 0.717) is 5.75 Å². The molecule has 0 saturated carbocycles. The summed E-state index contributed by atoms with van der Waals surface area (Å²) in [5.74, 6) is -1.07. The van der Waals surface area contributed by atoms with Gasteiger partial charge in [-0.1, -0.05) is 11.6 Å². The van der Waals surface area contributed by atoms with Gasteiger partial charge in [-0.15, -0.1) is 0 Å². The molecular formula is C11H14ClNO6S. The second kappa shape index (κ2) is 6.89. The Balaban J connectivity index is 2.74. The highest BCUT2D eigenvalue weighted by Gasteiger charge is 2.18. The van der Waals surface area contributed by atoms with Crippen LogP contribution in [0.4, 0.5) is 0 Å². The van der Waals surface area contributed by atoms with Crippen molar-refractivity contribution in [3.8, 4) is 5.75 Å². The molecule has 0 aliphatic heterocycles. The van der Waals surface area contributed by atoms with Gasteiger partial charge >= 0.3 is 5.97 Å². The van der Waals surface area contributed by atoms with Crippen LogP contribution in [-0.2, 0) is 14.8 Å². The number of nitrogens with one attached hydrogen (secondary N) is 1. The van der Waals surface area contributed by atoms with E-state index in [0.717, 1.165) is 0 Å². The molecule has 0 fully saturated rings. The first-order valence-corrected chi connectivity index (χ1v) is 7.38. The number of halogens is 1. The molecule has 9 heteroatoms. The molecule has 20 heavy (non-hydrogen) atoms. The largest absolute Gasteiger partial charge is 0.495 e. The van der Waals surface area contributed by atoms with E-state index in [1.807, 2.05) is 0 Å². The number of carbonyl (C=O) groups is 1. The molecule has 1 aromatic rings. The number of aliphatic carboxylic acids is 1. The van der Waals surface area contributed by atoms with Crippen LogP contribution in [0.25, 0.3) is 0 Å². The zero-order chi connectivity index (χ0) is 15.3. The molecule has 0 aliphatic carbocycles. The Kier molecular flexibility index (Phi) is 5.75. The van der Waals surface area contributed by atoms with Gasteiger partial charge < -0.3 is 14.9 Å². The molecule has 0 radical (unpaired) electrons. The van der Waals surface area contributed by atoms with Crippen LogP contribution >= 0.6 is 11.6 Å². The van der Waals surface area contributed by atoms with Crippen molar-refractivity contribution in [1.29, 1.82) is 0 Å². The number of aliphatic hydroxyl groups excluding tert-OH is 1. The Morgan fingerprint density at radius 1 is 1.50 bits per heavy atom. The molecule has 7 nitrogen and oxygen atoms in total. The third-order valence-corrected chi connectivity index (χ3v) is 4.18. The molecule has 0 spiro atoms. The molecule has 0 aliphatic rings. The summed E-state index contributed by atoms with van der Waals surface area (Å²) in [5, 5.41) is 17.6. The van der Waals surface area contributed by atoms with Crippen molar-refractivity contribution in [2.75, 3.05) is 13.7 Å². The minimum atomic E-state index is -3.82. The fraction of sp³-hybridized carbons (Fsp3) is 0.364. The topological polar surface area (TPSA) is 113 Å². The van der Waals surface area contributed by atoms with Crippen molar-refractivity contribution < 1.29 is 28.2 Å². The predicted octanol–water partition coefficient (Wildman–Crippen LogP) is 0.462. The fourth-order valence-corrected chi connectivity index (χ4v) is 2.75. The summed E-state index contributed by atoms with van der Waals surface area (Å²) >= 11 is 5.83. The van der Waals surface area contributed by atoms with Crippen LogP contribution in [0.1, 0.15) is 6.42 Å². The summed E-state index contributed by atoms with van der Waals surface area (Å²) in [4.78, 5) is 10.3. The van der Waals surface area contributed by atoms with Gasteiger partial charge in [-0.05, 0) is 24.6 Å². The first kappa shape index (κ1) is 16.7. The van der Waals surface area contributed by atoms with Gasteiger partial charge in [0.2, 0.25) is 10.0 Å². The summed E-state index contributed by atoms with van der Waals surface area (Å²) in [5.41, 5.74) is 0. The normalized spacial score (nSPS) is 12.9. The number of rotatable bonds is 7. The second-order valence-electron chi connectivity index (χ2n) is 3.84. The number of methoxy groups -OCH3 is 1. The van der Waals surface area contributed by atoms with Crippen molar-refractivity contribution in [1.82, 2.24) is 4.72 Å². The van der Waals surface area contributed by atoms with Gasteiger partial charge in [0.05, 0.1) is 17.0 Å². The molecule has 0 bridgehead atoms. The Morgan fingerprint density at radius 2 is 2.15 bits per heavy atom. The molecule has 0 unspecified atom stereocenters. The lowest BCUT2D eigenvalue weighted by Crippen LogP contribution is -2.30. The second-order valence-corrected chi connectivity index (χ2v) is 6.01. The van der Waals surface area contributed by atoms with Crippen molar-refractivity contribution >= 4 is 27.6 Å². The van der Waals surface area contributed by atoms with E-state index in [2.05, 4.69) is 4.72 Å². The number of carboxylic acids is 1. The minimum absolute atomic E-state index is 0.0758. The van der Waals surface area contributed by atoms with Crippen LogP contribution in [0.15, 0.2) is 23.1 Å². The Labute approximate surface area is 121 Å². The average Bonchev–Trinajstić information content (AvgIpc) is 2.38. The number of hydrogen-bond donors (Lipinski definition) is 3. The Hall–Kier alpha value is -1.35. The van der Waals surface area contributed by atoms with Gasteiger partial charge in [0.15, 0.2) is 6.10 Å². The van der Waals surface area contributed by atoms with E-state index in [4.69, 9.17) is 26.6 Å². The molecule has 0 saturated heterocycles. The molecule has 1 aromatic carbocycles. The van der Waals surface area contributed by atoms with Crippen molar-refractivity contribution in [2.24, 2.45) is 0 Å². The summed E-state index contributed by atoms with van der Waals surface area (Å²) < 4.78 is 30.9. The first-order chi connectivity index (χ1) is 9.27. The van der Waals surface area contributed by atoms with Gasteiger partial charge in [-0.2, -0.15) is 0 Å². The maximum absolute atomic E-state index is 11.9. The predicted molar refractivity (Wildman–Crippen MR) is 71.5 cm³/mol. The minimum Gasteiger partial charge on any atom is -0.495 e. The number of benzene rings is 1. The van der Waals surface area contributed by atoms with Crippen LogP contribution < -0.4 is 9.46 Å². The summed E-state index contributed by atoms with van der Waals surface area (Å²) in [7, 11) is -2.42. The zero-order valence-corrected chi connectivity index (χ0v) is 12.1. The van der Waals surface area contributed by atoms with E-state index in [1.165, 1.54) is 25.3 Å². The van der Waals surface area contributed by atoms with E-state index in [1.54, 1.807) is 0 Å². The highest BCUT2D eigenvalue weighted by Crippen LogP contribution is 2.26. The van der Waals surface area contributed by atoms with Crippen molar-refractivity contribution in [3.05, 3.63) is 23.2 Å². The number of carboxylic acid groups (broad SMARTS) is 1. The van der Waals surface area contributed by atoms with E-state index in [-0.39, 0.29) is 22.9 Å². The Morgan fingerprint density at radius 3 is 2.65 bits per heavy atom. The molecule has 1 atom stereocenters. The number of aliphatic hydroxyl groups is 1. The monoisotopic (exact) mass is 323 g/mol. The lowest BCUT2D eigenvalue weighted by Gasteiger charge is -2.10. The van der Waals surface area contributed by atoms with Crippen molar-refractivity contribution in [2.45, 2.75) is 17.4 Å². The van der Waals surface area contributed by atoms with Gasteiger partial charge in [0, 0.05) is 6.54 Å². The highest BCUT2D eigenvalue weighted by molar-refractivity contribution is 7.89. The summed E-state index contributed by atoms with van der Waals surface area (Å²) in [6.45, 7) is -0.209. The van der Waals surface area contributed by atoms with Gasteiger partial charge in [-0.25, -0.2) is 17.9 Å². The molecule has 0 amide bonds. The maximum Gasteiger partial charge on any atom is 0.332 e. The molecule has 112 valence electrons. The van der Waals surface area contributed by atoms with Gasteiger partial charge in [0.1, 0.15) is 5.75 Å². The Bertz CT molecular complexity index is 589. The quantitative estimate of drug-likeness (QED) is 0.672. The zero-order valence-electron chi connectivity index (χ0n) is 10.5. The van der Waals surface area contributed by atoms with E-state index >= 15 is 0 Å². The molecule has 1 rings (SSSR count). The lowest BCUT2D eigenvalue weighted by molar-refractivity contribution is -0.146. The maximum atomic E-state index is 11.9. The highest BCUT2D eigenvalue weighted by atomic mass is 35.5. The summed E-state index contributed by atoms with van der Waals surface area (Å²) in [6, 6.07) is 3.93. The first-order valence-electron chi connectivity index (χ1n) is 5.52. The smallest absolute Gasteiger partial charge is 0.332 e. The van der Waals surface area contributed by atoms with E-state index < -0.39 is 22.1 Å². The van der Waals surface area contributed by atoms with Crippen LogP contribution in [0, 0.1) is 0 Å². The number of hydrogen-bond acceptors (Lipinski definition) is 5. The number of sulfonamides is 1. The van der Waals surface area contributed by atoms with E-state index in [9.17, 15) is 13.2 Å². The summed E-state index contributed by atoms with van der Waals surface area (Å²) in [6.07, 6.45) is -1.85. The lowest BCUT2D eigenvalue weighted by atomic mass is 10.3. The molecule has 3 N–H and O–H groups in total. The van der Waals surface area contributed by atoms with Crippen molar-refractivity contribution in [3.63, 3.8) is 0 Å². The van der Waals surface area contributed by atoms with Gasteiger partial charge in [-0.3, -0.25) is 0 Å². The SMILES string of the molecule is COc1ccc(S(=O)(=O)NCC[C@H](O)C(=O)O)cc1Cl.